The van der Waals surface area contributed by atoms with E-state index in [1.165, 1.54) is 0 Å². The maximum atomic E-state index is 13.5. The molecule has 0 radical (unpaired) electrons. The number of carbonyl (C=O) groups is 1. The zero-order valence-corrected chi connectivity index (χ0v) is 24.5. The summed E-state index contributed by atoms with van der Waals surface area (Å²) in [6.07, 6.45) is 9.34. The van der Waals surface area contributed by atoms with Crippen LogP contribution in [0.5, 0.6) is 0 Å². The molecule has 0 spiro atoms. The first kappa shape index (κ1) is 29.5. The first-order chi connectivity index (χ1) is 19.2. The highest BCUT2D eigenvalue weighted by Crippen LogP contribution is 2.46. The number of aliphatic imine (C=N–C) groups is 2. The van der Waals surface area contributed by atoms with Gasteiger partial charge in [0.25, 0.3) is 0 Å². The zero-order valence-electron chi connectivity index (χ0n) is 24.5. The van der Waals surface area contributed by atoms with Crippen molar-refractivity contribution >= 4 is 23.2 Å². The SMILES string of the molecule is CCc1cc(CCC2(C3CCCC3)CC(O)=C(CC(=NC)NN3CN=C(C)C=C3C)C(=O)O2)cc(CC)c1N=O. The fraction of sp³-hybridized carbons (Fsp3) is 0.581. The van der Waals surface area contributed by atoms with E-state index >= 15 is 0 Å². The summed E-state index contributed by atoms with van der Waals surface area (Å²) in [4.78, 5) is 33.8. The lowest BCUT2D eigenvalue weighted by Crippen LogP contribution is -2.47. The number of esters is 1. The lowest BCUT2D eigenvalue weighted by molar-refractivity contribution is -0.167. The van der Waals surface area contributed by atoms with Crippen molar-refractivity contribution in [3.05, 3.63) is 56.8 Å². The van der Waals surface area contributed by atoms with Crippen LogP contribution >= 0.6 is 0 Å². The van der Waals surface area contributed by atoms with Crippen molar-refractivity contribution in [2.45, 2.75) is 97.5 Å². The molecule has 0 bridgehead atoms. The number of benzene rings is 1. The number of aliphatic hydroxyl groups is 1. The van der Waals surface area contributed by atoms with Gasteiger partial charge in [0.15, 0.2) is 0 Å². The number of hydrogen-bond donors (Lipinski definition) is 2. The largest absolute Gasteiger partial charge is 0.512 e. The van der Waals surface area contributed by atoms with Crippen LogP contribution in [0, 0.1) is 10.8 Å². The summed E-state index contributed by atoms with van der Waals surface area (Å²) in [7, 11) is 1.66. The van der Waals surface area contributed by atoms with Gasteiger partial charge in [-0.2, -0.15) is 0 Å². The number of aryl methyl sites for hydroxylation is 3. The Morgan fingerprint density at radius 1 is 1.20 bits per heavy atom. The van der Waals surface area contributed by atoms with E-state index in [0.717, 1.165) is 66.6 Å². The van der Waals surface area contributed by atoms with Gasteiger partial charge in [-0.3, -0.25) is 20.4 Å². The number of hydrogen-bond acceptors (Lipinski definition) is 8. The lowest BCUT2D eigenvalue weighted by atomic mass is 9.76. The van der Waals surface area contributed by atoms with E-state index in [2.05, 4.69) is 32.7 Å². The third-order valence-corrected chi connectivity index (χ3v) is 8.66. The summed E-state index contributed by atoms with van der Waals surface area (Å²) >= 11 is 0. The van der Waals surface area contributed by atoms with Crippen LogP contribution in [0.15, 0.2) is 50.4 Å². The second-order valence-corrected chi connectivity index (χ2v) is 11.2. The van der Waals surface area contributed by atoms with Gasteiger partial charge in [0.2, 0.25) is 0 Å². The number of cyclic esters (lactones) is 1. The van der Waals surface area contributed by atoms with E-state index in [0.29, 0.717) is 37.5 Å². The predicted octanol–water partition coefficient (Wildman–Crippen LogP) is 6.39. The van der Waals surface area contributed by atoms with E-state index in [9.17, 15) is 14.8 Å². The summed E-state index contributed by atoms with van der Waals surface area (Å²) in [6.45, 7) is 8.43. The van der Waals surface area contributed by atoms with Crippen molar-refractivity contribution in [3.63, 3.8) is 0 Å². The second-order valence-electron chi connectivity index (χ2n) is 11.2. The molecule has 3 aliphatic rings. The highest BCUT2D eigenvalue weighted by molar-refractivity contribution is 5.98. The number of amidine groups is 1. The molecule has 1 fully saturated rings. The number of aliphatic hydroxyl groups excluding tert-OH is 1. The molecule has 1 atom stereocenters. The minimum Gasteiger partial charge on any atom is -0.512 e. The summed E-state index contributed by atoms with van der Waals surface area (Å²) in [5.41, 5.74) is 8.24. The smallest absolute Gasteiger partial charge is 0.338 e. The quantitative estimate of drug-likeness (QED) is 0.151. The van der Waals surface area contributed by atoms with E-state index in [1.54, 1.807) is 7.05 Å². The normalized spacial score (nSPS) is 22.3. The van der Waals surface area contributed by atoms with Crippen LogP contribution in [-0.4, -0.2) is 46.9 Å². The Bertz CT molecular complexity index is 1230. The van der Waals surface area contributed by atoms with Gasteiger partial charge in [-0.15, -0.1) is 4.91 Å². The topological polar surface area (TPSA) is 116 Å². The Labute approximate surface area is 237 Å². The van der Waals surface area contributed by atoms with Crippen LogP contribution in [0.1, 0.15) is 89.3 Å². The zero-order chi connectivity index (χ0) is 28.9. The molecule has 9 heteroatoms. The molecule has 1 unspecified atom stereocenters. The van der Waals surface area contributed by atoms with Crippen LogP contribution < -0.4 is 5.43 Å². The summed E-state index contributed by atoms with van der Waals surface area (Å²) in [6, 6.07) is 4.12. The number of carbonyl (C=O) groups excluding carboxylic acids is 1. The fourth-order valence-electron chi connectivity index (χ4n) is 6.31. The molecular formula is C31H43N5O4. The molecule has 216 valence electrons. The molecular weight excluding hydrogens is 506 g/mol. The Hall–Kier alpha value is -3.49. The summed E-state index contributed by atoms with van der Waals surface area (Å²) < 4.78 is 6.34. The number of ether oxygens (including phenoxy) is 1. The molecule has 40 heavy (non-hydrogen) atoms. The molecule has 2 N–H and O–H groups in total. The molecule has 0 aromatic heterocycles. The molecule has 2 heterocycles. The second kappa shape index (κ2) is 12.8. The Kier molecular flexibility index (Phi) is 9.43. The van der Waals surface area contributed by atoms with Gasteiger partial charge in [-0.05, 0) is 86.2 Å². The third-order valence-electron chi connectivity index (χ3n) is 8.66. The van der Waals surface area contributed by atoms with E-state index in [-0.39, 0.29) is 23.7 Å². The van der Waals surface area contributed by atoms with E-state index in [1.807, 2.05) is 38.8 Å². The summed E-state index contributed by atoms with van der Waals surface area (Å²) in [5.74, 6) is 0.377. The van der Waals surface area contributed by atoms with E-state index in [4.69, 9.17) is 4.74 Å². The molecule has 1 saturated carbocycles. The summed E-state index contributed by atoms with van der Waals surface area (Å²) in [5, 5.41) is 16.5. The van der Waals surface area contributed by atoms with Gasteiger partial charge in [-0.1, -0.05) is 38.8 Å². The van der Waals surface area contributed by atoms with Crippen molar-refractivity contribution in [1.82, 2.24) is 10.4 Å². The van der Waals surface area contributed by atoms with Gasteiger partial charge in [0.1, 0.15) is 29.6 Å². The van der Waals surface area contributed by atoms with Crippen LogP contribution in [0.25, 0.3) is 0 Å². The number of hydrazine groups is 1. The van der Waals surface area contributed by atoms with Crippen LogP contribution in [0.4, 0.5) is 5.69 Å². The molecule has 0 saturated heterocycles. The Balaban J connectivity index is 1.55. The standard InChI is InChI=1S/C31H43N5O4/c1-6-23-15-22(16-24(7-2)29(23)35-39)12-13-31(25-10-8-9-11-25)18-27(37)26(30(38)40-31)17-28(32-5)34-36-19-33-20(3)14-21(36)4/h14-16,25,37H,6-13,17-19H2,1-5H3,(H,32,34). The minimum atomic E-state index is -0.753. The molecule has 1 aromatic carbocycles. The highest BCUT2D eigenvalue weighted by Gasteiger charge is 2.48. The molecule has 4 rings (SSSR count). The minimum absolute atomic E-state index is 0.0925. The molecule has 9 nitrogen and oxygen atoms in total. The molecule has 2 aliphatic heterocycles. The first-order valence-corrected chi connectivity index (χ1v) is 14.5. The Morgan fingerprint density at radius 3 is 2.42 bits per heavy atom. The van der Waals surface area contributed by atoms with Crippen LogP contribution in [0.3, 0.4) is 0 Å². The van der Waals surface area contributed by atoms with Gasteiger partial charge < -0.3 is 9.84 Å². The van der Waals surface area contributed by atoms with Crippen LogP contribution in [-0.2, 0) is 28.8 Å². The Morgan fingerprint density at radius 2 is 1.88 bits per heavy atom. The first-order valence-electron chi connectivity index (χ1n) is 14.5. The monoisotopic (exact) mass is 549 g/mol. The van der Waals surface area contributed by atoms with Gasteiger partial charge >= 0.3 is 5.97 Å². The highest BCUT2D eigenvalue weighted by atomic mass is 16.6. The van der Waals surface area contributed by atoms with Crippen molar-refractivity contribution in [3.8, 4) is 0 Å². The number of rotatable bonds is 10. The predicted molar refractivity (Wildman–Crippen MR) is 159 cm³/mol. The van der Waals surface area contributed by atoms with Gasteiger partial charge in [0, 0.05) is 31.3 Å². The maximum absolute atomic E-state index is 13.5. The van der Waals surface area contributed by atoms with Crippen molar-refractivity contribution < 1.29 is 14.6 Å². The van der Waals surface area contributed by atoms with Gasteiger partial charge in [0.05, 0.1) is 5.57 Å². The molecule has 1 aromatic rings. The maximum Gasteiger partial charge on any atom is 0.338 e. The number of nitrogens with zero attached hydrogens (tertiary/aromatic N) is 4. The van der Waals surface area contributed by atoms with E-state index < -0.39 is 11.6 Å². The third kappa shape index (κ3) is 6.29. The van der Waals surface area contributed by atoms with Crippen molar-refractivity contribution in [2.24, 2.45) is 21.1 Å². The number of allylic oxidation sites excluding steroid dienone is 2. The molecule has 1 aliphatic carbocycles. The fourth-order valence-corrected chi connectivity index (χ4v) is 6.31. The molecule has 0 amide bonds. The van der Waals surface area contributed by atoms with Crippen molar-refractivity contribution in [1.29, 1.82) is 0 Å². The average Bonchev–Trinajstić information content (AvgIpc) is 3.49. The number of nitrogens with one attached hydrogen (secondary N) is 1. The average molecular weight is 550 g/mol. The van der Waals surface area contributed by atoms with Crippen molar-refractivity contribution in [2.75, 3.05) is 13.7 Å². The van der Waals surface area contributed by atoms with Crippen LogP contribution in [0.2, 0.25) is 0 Å². The number of nitroso groups, excluding NO2 is 1. The van der Waals surface area contributed by atoms with Gasteiger partial charge in [-0.25, -0.2) is 4.79 Å². The lowest BCUT2D eigenvalue weighted by Gasteiger charge is -2.42.